The fraction of sp³-hybridized carbons (Fsp3) is 0.500. The van der Waals surface area contributed by atoms with Crippen molar-refractivity contribution in [2.45, 2.75) is 45.1 Å². The molecule has 1 saturated heterocycles. The lowest BCUT2D eigenvalue weighted by molar-refractivity contribution is -0.118. The fourth-order valence-electron chi connectivity index (χ4n) is 4.65. The quantitative estimate of drug-likeness (QED) is 0.686. The van der Waals surface area contributed by atoms with Crippen molar-refractivity contribution in [3.63, 3.8) is 0 Å². The monoisotopic (exact) mass is 472 g/mol. The Labute approximate surface area is 196 Å². The molecule has 4 bridgehead atoms. The van der Waals surface area contributed by atoms with Crippen LogP contribution in [-0.2, 0) is 21.4 Å². The number of ether oxygens (including phenoxy) is 1. The van der Waals surface area contributed by atoms with Gasteiger partial charge >= 0.3 is 10.2 Å². The lowest BCUT2D eigenvalue weighted by Crippen LogP contribution is -2.53. The number of aromatic nitrogens is 1. The third-order valence-electron chi connectivity index (χ3n) is 6.48. The van der Waals surface area contributed by atoms with Crippen LogP contribution in [0.4, 0.5) is 0 Å². The van der Waals surface area contributed by atoms with Gasteiger partial charge in [-0.05, 0) is 54.1 Å². The van der Waals surface area contributed by atoms with E-state index in [0.717, 1.165) is 35.1 Å². The van der Waals surface area contributed by atoms with E-state index in [9.17, 15) is 13.2 Å². The zero-order valence-electron chi connectivity index (χ0n) is 19.5. The van der Waals surface area contributed by atoms with E-state index >= 15 is 0 Å². The van der Waals surface area contributed by atoms with Gasteiger partial charge in [0.05, 0.1) is 6.42 Å². The average molecular weight is 473 g/mol. The van der Waals surface area contributed by atoms with Crippen molar-refractivity contribution in [1.29, 1.82) is 0 Å². The van der Waals surface area contributed by atoms with Crippen LogP contribution in [0.3, 0.4) is 0 Å². The predicted molar refractivity (Wildman–Crippen MR) is 127 cm³/mol. The molecular formula is C24H32N4O4S. The summed E-state index contributed by atoms with van der Waals surface area (Å²) < 4.78 is 35.7. The lowest BCUT2D eigenvalue weighted by Gasteiger charge is -2.36. The van der Waals surface area contributed by atoms with Gasteiger partial charge in [0, 0.05) is 37.9 Å². The minimum atomic E-state index is -3.92. The van der Waals surface area contributed by atoms with Crippen molar-refractivity contribution in [1.82, 2.24) is 18.9 Å². The van der Waals surface area contributed by atoms with Gasteiger partial charge in [0.2, 0.25) is 11.8 Å². The zero-order chi connectivity index (χ0) is 23.6. The van der Waals surface area contributed by atoms with Crippen molar-refractivity contribution < 1.29 is 17.9 Å². The van der Waals surface area contributed by atoms with Crippen LogP contribution in [0.5, 0.6) is 5.88 Å². The molecule has 1 amide bonds. The van der Waals surface area contributed by atoms with E-state index in [1.165, 1.54) is 4.31 Å². The first kappa shape index (κ1) is 23.7. The van der Waals surface area contributed by atoms with Crippen LogP contribution in [0.2, 0.25) is 0 Å². The molecule has 2 aliphatic rings. The molecule has 1 aromatic carbocycles. The standard InChI is InChI=1S/C24H32N4O4S/c1-17(2)20-7-4-8-21-18-9-10-25-24(14-18)32-13-12-27(3)19-6-5-11-28(16-19)33(30,31)26-23(29)15-22(20)21/h4,7-10,14,17,19H,5-6,11-13,15-16H2,1-3H3,(H,26,29). The normalized spacial score (nSPS) is 23.9. The Morgan fingerprint density at radius 2 is 2.03 bits per heavy atom. The zero-order valence-corrected chi connectivity index (χ0v) is 20.3. The maximum absolute atomic E-state index is 13.0. The molecule has 1 aromatic heterocycles. The van der Waals surface area contributed by atoms with Crippen molar-refractivity contribution in [2.75, 3.05) is 33.3 Å². The molecule has 33 heavy (non-hydrogen) atoms. The molecule has 8 nitrogen and oxygen atoms in total. The molecule has 2 aliphatic heterocycles. The van der Waals surface area contributed by atoms with E-state index in [2.05, 4.69) is 28.5 Å². The highest BCUT2D eigenvalue weighted by molar-refractivity contribution is 7.87. The first-order valence-electron chi connectivity index (χ1n) is 11.5. The summed E-state index contributed by atoms with van der Waals surface area (Å²) in [6, 6.07) is 9.74. The van der Waals surface area contributed by atoms with Crippen LogP contribution < -0.4 is 9.46 Å². The largest absolute Gasteiger partial charge is 0.476 e. The van der Waals surface area contributed by atoms with E-state index in [0.29, 0.717) is 32.1 Å². The SMILES string of the molecule is CC(C)c1cccc2c1CC(=O)NS(=O)(=O)N1CCCC(C1)N(C)CCOc1cc-2ccn1. The van der Waals surface area contributed by atoms with E-state index in [4.69, 9.17) is 4.74 Å². The van der Waals surface area contributed by atoms with Gasteiger partial charge in [0.1, 0.15) is 6.61 Å². The fourth-order valence-corrected chi connectivity index (χ4v) is 5.88. The number of rotatable bonds is 1. The van der Waals surface area contributed by atoms with Gasteiger partial charge in [-0.15, -0.1) is 0 Å². The summed E-state index contributed by atoms with van der Waals surface area (Å²) in [4.78, 5) is 19.5. The third kappa shape index (κ3) is 5.37. The van der Waals surface area contributed by atoms with Gasteiger partial charge in [0.15, 0.2) is 0 Å². The molecule has 0 spiro atoms. The number of hydrogen-bond acceptors (Lipinski definition) is 6. The third-order valence-corrected chi connectivity index (χ3v) is 7.97. The number of pyridine rings is 1. The molecule has 1 N–H and O–H groups in total. The van der Waals surface area contributed by atoms with E-state index in [-0.39, 0.29) is 18.4 Å². The second-order valence-electron chi connectivity index (χ2n) is 9.10. The molecule has 0 saturated carbocycles. The van der Waals surface area contributed by atoms with Crippen molar-refractivity contribution in [3.05, 3.63) is 47.7 Å². The second-order valence-corrected chi connectivity index (χ2v) is 10.8. The van der Waals surface area contributed by atoms with Crippen LogP contribution in [0.15, 0.2) is 36.5 Å². The van der Waals surface area contributed by atoms with Crippen molar-refractivity contribution in [2.24, 2.45) is 0 Å². The number of likely N-dealkylation sites (N-methyl/N-ethyl adjacent to an activating group) is 1. The van der Waals surface area contributed by atoms with Crippen molar-refractivity contribution >= 4 is 16.1 Å². The Morgan fingerprint density at radius 3 is 2.82 bits per heavy atom. The molecule has 0 radical (unpaired) electrons. The van der Waals surface area contributed by atoms with Crippen LogP contribution in [0.25, 0.3) is 11.1 Å². The highest BCUT2D eigenvalue weighted by atomic mass is 32.2. The maximum Gasteiger partial charge on any atom is 0.303 e. The molecule has 2 atom stereocenters. The second kappa shape index (κ2) is 9.79. The van der Waals surface area contributed by atoms with Gasteiger partial charge in [-0.2, -0.15) is 12.7 Å². The number of fused-ring (bicyclic) bond motifs is 6. The average Bonchev–Trinajstić information content (AvgIpc) is 2.78. The molecular weight excluding hydrogens is 440 g/mol. The van der Waals surface area contributed by atoms with Gasteiger partial charge in [-0.25, -0.2) is 9.71 Å². The van der Waals surface area contributed by atoms with Gasteiger partial charge in [0.25, 0.3) is 0 Å². The number of carbonyl (C=O) groups excluding carboxylic acids is 1. The number of nitrogens with one attached hydrogen (secondary N) is 1. The molecule has 2 unspecified atom stereocenters. The first-order valence-corrected chi connectivity index (χ1v) is 12.9. The number of hydrogen-bond donors (Lipinski definition) is 1. The van der Waals surface area contributed by atoms with Gasteiger partial charge in [-0.3, -0.25) is 9.69 Å². The van der Waals surface area contributed by atoms with Crippen LogP contribution in [-0.4, -0.2) is 67.8 Å². The lowest BCUT2D eigenvalue weighted by atomic mass is 9.88. The van der Waals surface area contributed by atoms with Crippen LogP contribution in [0.1, 0.15) is 43.7 Å². The molecule has 0 aliphatic carbocycles. The number of amides is 1. The first-order chi connectivity index (χ1) is 15.7. The van der Waals surface area contributed by atoms with E-state index in [1.54, 1.807) is 6.20 Å². The minimum absolute atomic E-state index is 0.0292. The number of piperidine rings is 1. The smallest absolute Gasteiger partial charge is 0.303 e. The molecule has 178 valence electrons. The van der Waals surface area contributed by atoms with Gasteiger partial charge < -0.3 is 4.74 Å². The Kier molecular flexibility index (Phi) is 7.02. The molecule has 4 rings (SSSR count). The summed E-state index contributed by atoms with van der Waals surface area (Å²) in [6.45, 7) is 5.98. The Hall–Kier alpha value is -2.49. The Bertz CT molecular complexity index is 1120. The van der Waals surface area contributed by atoms with Crippen molar-refractivity contribution in [3.8, 4) is 17.0 Å². The minimum Gasteiger partial charge on any atom is -0.476 e. The summed E-state index contributed by atoms with van der Waals surface area (Å²) in [5, 5.41) is 0. The summed E-state index contributed by atoms with van der Waals surface area (Å²) >= 11 is 0. The Balaban J connectivity index is 1.76. The number of carbonyl (C=O) groups is 1. The highest BCUT2D eigenvalue weighted by Crippen LogP contribution is 2.32. The van der Waals surface area contributed by atoms with Crippen LogP contribution >= 0.6 is 0 Å². The summed E-state index contributed by atoms with van der Waals surface area (Å²) in [5.41, 5.74) is 3.60. The number of nitrogens with zero attached hydrogens (tertiary/aromatic N) is 3. The molecule has 2 aromatic rings. The molecule has 1 fully saturated rings. The van der Waals surface area contributed by atoms with Gasteiger partial charge in [-0.1, -0.05) is 32.0 Å². The molecule has 9 heteroatoms. The topological polar surface area (TPSA) is 91.8 Å². The van der Waals surface area contributed by atoms with E-state index < -0.39 is 16.1 Å². The summed E-state index contributed by atoms with van der Waals surface area (Å²) in [5.74, 6) is 0.176. The Morgan fingerprint density at radius 1 is 1.21 bits per heavy atom. The number of benzene rings is 1. The maximum atomic E-state index is 13.0. The predicted octanol–water partition coefficient (Wildman–Crippen LogP) is 2.56. The summed E-state index contributed by atoms with van der Waals surface area (Å²) in [7, 11) is -1.95. The summed E-state index contributed by atoms with van der Waals surface area (Å²) in [6.07, 6.45) is 3.32. The highest BCUT2D eigenvalue weighted by Gasteiger charge is 2.32. The molecule has 3 heterocycles. The van der Waals surface area contributed by atoms with E-state index in [1.807, 2.05) is 37.4 Å². The van der Waals surface area contributed by atoms with Crippen LogP contribution in [0, 0.1) is 0 Å².